The first-order chi connectivity index (χ1) is 32.2. The van der Waals surface area contributed by atoms with Crippen LogP contribution in [-0.2, 0) is 0 Å². The van der Waals surface area contributed by atoms with Gasteiger partial charge < -0.3 is 20.4 Å². The number of benzene rings is 9. The summed E-state index contributed by atoms with van der Waals surface area (Å²) in [6, 6.07) is 60.5. The van der Waals surface area contributed by atoms with Crippen molar-refractivity contribution in [2.24, 2.45) is 0 Å². The van der Waals surface area contributed by atoms with Crippen LogP contribution in [0.5, 0.6) is 0 Å². The molecule has 318 valence electrons. The van der Waals surface area contributed by atoms with Gasteiger partial charge in [-0.25, -0.2) is 19.2 Å². The molecule has 0 fully saturated rings. The molecule has 0 aromatic heterocycles. The van der Waals surface area contributed by atoms with Gasteiger partial charge >= 0.3 is 23.9 Å². The monoisotopic (exact) mass is 862 g/mol. The molecule has 9 rings (SSSR count). The fourth-order valence-electron chi connectivity index (χ4n) is 9.17. The van der Waals surface area contributed by atoms with Crippen LogP contribution in [0.1, 0.15) is 41.4 Å². The second kappa shape index (κ2) is 17.9. The van der Waals surface area contributed by atoms with E-state index in [9.17, 15) is 39.6 Å². The summed E-state index contributed by atoms with van der Waals surface area (Å²) >= 11 is 0. The zero-order valence-corrected chi connectivity index (χ0v) is 35.1. The molecule has 0 spiro atoms. The van der Waals surface area contributed by atoms with Gasteiger partial charge in [-0.1, -0.05) is 206 Å². The average molecular weight is 863 g/mol. The molecule has 0 amide bonds. The van der Waals surface area contributed by atoms with Crippen LogP contribution in [0.4, 0.5) is 0 Å². The molecular weight excluding hydrogens is 825 g/mol. The maximum absolute atomic E-state index is 14.2. The fourth-order valence-corrected chi connectivity index (χ4v) is 9.17. The van der Waals surface area contributed by atoms with E-state index in [1.807, 2.05) is 97.1 Å². The van der Waals surface area contributed by atoms with Gasteiger partial charge in [0, 0.05) is 22.3 Å². The van der Waals surface area contributed by atoms with Crippen LogP contribution < -0.4 is 0 Å². The topological polar surface area (TPSA) is 149 Å². The van der Waals surface area contributed by atoms with E-state index in [1.54, 1.807) is 109 Å². The Hall–Kier alpha value is -9.14. The Labute approximate surface area is 379 Å². The molecule has 0 bridgehead atoms. The summed E-state index contributed by atoms with van der Waals surface area (Å²) in [6.45, 7) is 0. The van der Waals surface area contributed by atoms with Gasteiger partial charge in [0.15, 0.2) is 0 Å². The van der Waals surface area contributed by atoms with E-state index in [2.05, 4.69) is 0 Å². The van der Waals surface area contributed by atoms with Crippen LogP contribution in [0.2, 0.25) is 0 Å². The first kappa shape index (κ1) is 42.2. The number of hydrogen-bond acceptors (Lipinski definition) is 4. The Morgan fingerprint density at radius 1 is 0.212 bits per heavy atom. The first-order valence-corrected chi connectivity index (χ1v) is 21.0. The minimum atomic E-state index is -1.54. The van der Waals surface area contributed by atoms with E-state index in [0.29, 0.717) is 55.6 Å². The van der Waals surface area contributed by atoms with E-state index < -0.39 is 46.1 Å². The van der Waals surface area contributed by atoms with Gasteiger partial charge in [0.25, 0.3) is 0 Å². The second-order valence-corrected chi connectivity index (χ2v) is 15.5. The molecule has 0 radical (unpaired) electrons. The maximum Gasteiger partial charge on any atom is 0.337 e. The zero-order valence-electron chi connectivity index (χ0n) is 35.1. The lowest BCUT2D eigenvalue weighted by molar-refractivity contribution is 0.0653. The second-order valence-electron chi connectivity index (χ2n) is 15.5. The minimum absolute atomic E-state index is 0.000793. The third-order valence-electron chi connectivity index (χ3n) is 11.7. The quantitative estimate of drug-likeness (QED) is 0.0948. The molecule has 8 nitrogen and oxygen atoms in total. The SMILES string of the molecule is O=C(O)c1c(C(=O)O)c(-c2ccccc2-c2c(C(=O)O)c(C(=O)O)c(-c3ccccc3)c(-c3ccccc3)c2-c2ccccc2)c(-c2ccccc2)c(-c2ccccc2)c1-c1ccccc1. The third-order valence-corrected chi connectivity index (χ3v) is 11.7. The van der Waals surface area contributed by atoms with Gasteiger partial charge in [0.2, 0.25) is 0 Å². The highest BCUT2D eigenvalue weighted by Gasteiger charge is 2.37. The molecule has 0 heterocycles. The van der Waals surface area contributed by atoms with E-state index in [0.717, 1.165) is 0 Å². The molecule has 0 saturated heterocycles. The van der Waals surface area contributed by atoms with Crippen molar-refractivity contribution in [3.8, 4) is 89.0 Å². The van der Waals surface area contributed by atoms with Crippen LogP contribution in [0, 0.1) is 0 Å². The van der Waals surface area contributed by atoms with Gasteiger partial charge in [-0.05, 0) is 66.8 Å². The van der Waals surface area contributed by atoms with Crippen molar-refractivity contribution >= 4 is 23.9 Å². The Bertz CT molecular complexity index is 3090. The van der Waals surface area contributed by atoms with Crippen LogP contribution in [0.25, 0.3) is 89.0 Å². The number of rotatable bonds is 12. The minimum Gasteiger partial charge on any atom is -0.478 e. The molecule has 0 aliphatic heterocycles. The molecule has 8 heteroatoms. The highest BCUT2D eigenvalue weighted by molar-refractivity contribution is 6.23. The number of carboxylic acid groups (broad SMARTS) is 4. The molecule has 9 aromatic rings. The highest BCUT2D eigenvalue weighted by Crippen LogP contribution is 2.55. The smallest absolute Gasteiger partial charge is 0.337 e. The van der Waals surface area contributed by atoms with Gasteiger partial charge in [-0.2, -0.15) is 0 Å². The van der Waals surface area contributed by atoms with Crippen molar-refractivity contribution in [3.63, 3.8) is 0 Å². The average Bonchev–Trinajstić information content (AvgIpc) is 3.36. The van der Waals surface area contributed by atoms with Crippen molar-refractivity contribution in [3.05, 3.63) is 229 Å². The van der Waals surface area contributed by atoms with Crippen molar-refractivity contribution in [2.75, 3.05) is 0 Å². The molecule has 0 saturated carbocycles. The van der Waals surface area contributed by atoms with Crippen LogP contribution in [0.15, 0.2) is 206 Å². The standard InChI is InChI=1S/C58H38O8/c59-55(60)51-47(39-29-15-5-16-30-39)43(35-21-7-1-8-22-35)45(37-25-11-3-12-26-37)49(53(51)57(63)64)41-33-19-20-34-42(41)50-46(38-27-13-4-14-28-38)44(36-23-9-2-10-24-36)48(40-31-17-6-18-32-40)52(56(61)62)54(50)58(65)66/h1-34H,(H,59,60)(H,61,62)(H,63,64)(H,65,66). The summed E-state index contributed by atoms with van der Waals surface area (Å²) in [7, 11) is 0. The zero-order chi connectivity index (χ0) is 45.9. The summed E-state index contributed by atoms with van der Waals surface area (Å²) in [4.78, 5) is 56.3. The van der Waals surface area contributed by atoms with E-state index in [-0.39, 0.29) is 33.4 Å². The summed E-state index contributed by atoms with van der Waals surface area (Å²) in [5.41, 5.74) is 3.47. The molecule has 0 unspecified atom stereocenters. The fraction of sp³-hybridized carbons (Fsp3) is 0. The van der Waals surface area contributed by atoms with Crippen molar-refractivity contribution in [1.29, 1.82) is 0 Å². The summed E-state index contributed by atoms with van der Waals surface area (Å²) in [5, 5.41) is 45.8. The number of hydrogen-bond donors (Lipinski definition) is 4. The van der Waals surface area contributed by atoms with Crippen molar-refractivity contribution in [1.82, 2.24) is 0 Å². The number of carbonyl (C=O) groups is 4. The van der Waals surface area contributed by atoms with Crippen molar-refractivity contribution in [2.45, 2.75) is 0 Å². The Morgan fingerprint density at radius 3 is 0.591 bits per heavy atom. The van der Waals surface area contributed by atoms with Gasteiger partial charge in [-0.15, -0.1) is 0 Å². The van der Waals surface area contributed by atoms with Crippen molar-refractivity contribution < 1.29 is 39.6 Å². The predicted octanol–water partition coefficient (Wildman–Crippen LogP) is 13.8. The molecule has 9 aromatic carbocycles. The van der Waals surface area contributed by atoms with E-state index in [4.69, 9.17) is 0 Å². The van der Waals surface area contributed by atoms with Gasteiger partial charge in [0.1, 0.15) is 0 Å². The van der Waals surface area contributed by atoms with E-state index in [1.165, 1.54) is 0 Å². The Morgan fingerprint density at radius 2 is 0.379 bits per heavy atom. The molecule has 0 aliphatic rings. The lowest BCUT2D eigenvalue weighted by Crippen LogP contribution is -2.16. The van der Waals surface area contributed by atoms with Crippen LogP contribution >= 0.6 is 0 Å². The highest BCUT2D eigenvalue weighted by atomic mass is 16.4. The van der Waals surface area contributed by atoms with Gasteiger partial charge in [-0.3, -0.25) is 0 Å². The molecular formula is C58H38O8. The van der Waals surface area contributed by atoms with Crippen LogP contribution in [0.3, 0.4) is 0 Å². The number of aromatic carboxylic acids is 4. The summed E-state index contributed by atoms with van der Waals surface area (Å²) in [5.74, 6) is -6.07. The molecule has 0 aliphatic carbocycles. The lowest BCUT2D eigenvalue weighted by Gasteiger charge is -2.28. The number of carboxylic acids is 4. The molecule has 4 N–H and O–H groups in total. The predicted molar refractivity (Wildman–Crippen MR) is 258 cm³/mol. The summed E-state index contributed by atoms with van der Waals surface area (Å²) in [6.07, 6.45) is 0. The summed E-state index contributed by atoms with van der Waals surface area (Å²) < 4.78 is 0. The molecule has 66 heavy (non-hydrogen) atoms. The van der Waals surface area contributed by atoms with Gasteiger partial charge in [0.05, 0.1) is 22.3 Å². The first-order valence-electron chi connectivity index (χ1n) is 21.0. The Kier molecular flexibility index (Phi) is 11.5. The Balaban J connectivity index is 1.59. The molecule has 0 atom stereocenters. The normalized spacial score (nSPS) is 10.9. The lowest BCUT2D eigenvalue weighted by atomic mass is 9.73. The largest absolute Gasteiger partial charge is 0.478 e. The third kappa shape index (κ3) is 7.48. The maximum atomic E-state index is 14.2. The van der Waals surface area contributed by atoms with E-state index >= 15 is 0 Å². The van der Waals surface area contributed by atoms with Crippen LogP contribution in [-0.4, -0.2) is 44.3 Å².